The lowest BCUT2D eigenvalue weighted by Crippen LogP contribution is -2.37. The zero-order valence-electron chi connectivity index (χ0n) is 14.1. The quantitative estimate of drug-likeness (QED) is 0.587. The van der Waals surface area contributed by atoms with Crippen LogP contribution in [-0.4, -0.2) is 39.7 Å². The first kappa shape index (κ1) is 19.5. The van der Waals surface area contributed by atoms with E-state index in [4.69, 9.17) is 34.8 Å². The second-order valence-electron chi connectivity index (χ2n) is 5.72. The third-order valence-corrected chi connectivity index (χ3v) is 4.46. The third-order valence-electron chi connectivity index (χ3n) is 3.84. The van der Waals surface area contributed by atoms with Crippen LogP contribution in [0.15, 0.2) is 65.7 Å². The minimum Gasteiger partial charge on any atom is -0.360 e. The number of hydrogen-bond acceptors (Lipinski definition) is 4. The van der Waals surface area contributed by atoms with Crippen molar-refractivity contribution in [3.8, 4) is 0 Å². The van der Waals surface area contributed by atoms with E-state index in [1.54, 1.807) is 54.6 Å². The van der Waals surface area contributed by atoms with Crippen LogP contribution in [-0.2, 0) is 4.79 Å². The molecule has 0 bridgehead atoms. The van der Waals surface area contributed by atoms with E-state index in [9.17, 15) is 9.59 Å². The van der Waals surface area contributed by atoms with E-state index in [1.807, 2.05) is 6.07 Å². The molecule has 3 rings (SSSR count). The molecule has 9 heteroatoms. The van der Waals surface area contributed by atoms with Crippen molar-refractivity contribution in [2.75, 3.05) is 17.3 Å². The summed E-state index contributed by atoms with van der Waals surface area (Å²) < 4.78 is -1.87. The Hall–Kier alpha value is -2.28. The summed E-state index contributed by atoms with van der Waals surface area (Å²) in [5.41, 5.74) is 1.14. The molecule has 0 radical (unpaired) electrons. The third kappa shape index (κ3) is 4.18. The molecule has 0 saturated carbocycles. The lowest BCUT2D eigenvalue weighted by molar-refractivity contribution is -0.119. The molecule has 27 heavy (non-hydrogen) atoms. The lowest BCUT2D eigenvalue weighted by atomic mass is 10.3. The molecule has 2 aromatic rings. The van der Waals surface area contributed by atoms with Gasteiger partial charge < -0.3 is 5.32 Å². The monoisotopic (exact) mass is 424 g/mol. The lowest BCUT2D eigenvalue weighted by Gasteiger charge is -2.24. The Morgan fingerprint density at radius 3 is 2.07 bits per heavy atom. The number of carbonyl (C=O) groups excluding carboxylic acids is 2. The maximum absolute atomic E-state index is 12.6. The van der Waals surface area contributed by atoms with Crippen LogP contribution < -0.4 is 10.2 Å². The molecular weight excluding hydrogens is 411 g/mol. The largest absolute Gasteiger partial charge is 0.360 e. The predicted octanol–water partition coefficient (Wildman–Crippen LogP) is 4.29. The number of amidine groups is 1. The summed E-state index contributed by atoms with van der Waals surface area (Å²) >= 11 is 18.2. The maximum atomic E-state index is 12.6. The number of nitrogens with one attached hydrogen (secondary N) is 1. The molecule has 1 N–H and O–H groups in total. The van der Waals surface area contributed by atoms with Crippen LogP contribution in [0.2, 0.25) is 0 Å². The number of rotatable bonds is 4. The molecule has 1 aliphatic rings. The highest BCUT2D eigenvalue weighted by Gasteiger charge is 2.43. The molecule has 2 aromatic carbocycles. The van der Waals surface area contributed by atoms with Gasteiger partial charge in [-0.1, -0.05) is 71.2 Å². The molecule has 0 aromatic heterocycles. The van der Waals surface area contributed by atoms with Crippen molar-refractivity contribution in [2.45, 2.75) is 9.96 Å². The van der Waals surface area contributed by atoms with Gasteiger partial charge in [-0.25, -0.2) is 14.7 Å². The number of para-hydroxylation sites is 2. The van der Waals surface area contributed by atoms with Crippen LogP contribution >= 0.6 is 34.8 Å². The summed E-state index contributed by atoms with van der Waals surface area (Å²) in [6.07, 6.45) is -1.10. The highest BCUT2D eigenvalue weighted by molar-refractivity contribution is 6.68. The van der Waals surface area contributed by atoms with Crippen molar-refractivity contribution in [3.63, 3.8) is 0 Å². The summed E-state index contributed by atoms with van der Waals surface area (Å²) in [5.74, 6) is -0.716. The van der Waals surface area contributed by atoms with E-state index in [1.165, 1.54) is 11.9 Å². The van der Waals surface area contributed by atoms with Gasteiger partial charge in [0.05, 0.1) is 5.69 Å². The van der Waals surface area contributed by atoms with Gasteiger partial charge in [0.2, 0.25) is 9.63 Å². The van der Waals surface area contributed by atoms with Crippen LogP contribution in [0, 0.1) is 0 Å². The molecule has 6 nitrogen and oxygen atoms in total. The number of urea groups is 1. The Labute approximate surface area is 171 Å². The highest BCUT2D eigenvalue weighted by atomic mass is 35.6. The summed E-state index contributed by atoms with van der Waals surface area (Å²) in [4.78, 5) is 31.6. The van der Waals surface area contributed by atoms with Crippen molar-refractivity contribution in [1.82, 2.24) is 4.90 Å². The smallest absolute Gasteiger partial charge is 0.337 e. The summed E-state index contributed by atoms with van der Waals surface area (Å²) in [5, 5.41) is 2.98. The molecule has 0 spiro atoms. The molecule has 1 fully saturated rings. The van der Waals surface area contributed by atoms with Crippen LogP contribution in [0.25, 0.3) is 0 Å². The number of likely N-dealkylation sites (N-methyl/N-ethyl adjacent to an activating group) is 1. The fourth-order valence-corrected chi connectivity index (χ4v) is 2.81. The number of halogens is 3. The highest BCUT2D eigenvalue weighted by Crippen LogP contribution is 2.34. The maximum Gasteiger partial charge on any atom is 0.337 e. The van der Waals surface area contributed by atoms with Gasteiger partial charge in [-0.2, -0.15) is 0 Å². The van der Waals surface area contributed by atoms with E-state index in [0.717, 1.165) is 4.90 Å². The number of nitrogens with zero attached hydrogens (tertiary/aromatic N) is 3. The van der Waals surface area contributed by atoms with Crippen LogP contribution in [0.5, 0.6) is 0 Å². The Kier molecular flexibility index (Phi) is 5.60. The van der Waals surface area contributed by atoms with Crippen molar-refractivity contribution in [1.29, 1.82) is 0 Å². The van der Waals surface area contributed by atoms with Crippen molar-refractivity contribution < 1.29 is 9.59 Å². The Bertz CT molecular complexity index is 869. The molecular formula is C18H15Cl3N4O2. The van der Waals surface area contributed by atoms with E-state index < -0.39 is 21.9 Å². The number of amides is 3. The zero-order valence-corrected chi connectivity index (χ0v) is 16.4. The molecule has 0 aliphatic carbocycles. The Balaban J connectivity index is 2.03. The number of anilines is 2. The van der Waals surface area contributed by atoms with Gasteiger partial charge in [-0.3, -0.25) is 9.69 Å². The first-order chi connectivity index (χ1) is 12.8. The van der Waals surface area contributed by atoms with Crippen molar-refractivity contribution in [2.24, 2.45) is 4.99 Å². The summed E-state index contributed by atoms with van der Waals surface area (Å²) in [6, 6.07) is 17.1. The molecule has 3 amide bonds. The van der Waals surface area contributed by atoms with Crippen LogP contribution in [0.3, 0.4) is 0 Å². The Morgan fingerprint density at radius 2 is 1.52 bits per heavy atom. The van der Waals surface area contributed by atoms with E-state index in [2.05, 4.69) is 10.3 Å². The average Bonchev–Trinajstić information content (AvgIpc) is 2.86. The number of aliphatic imine (C=N–C) groups is 1. The Morgan fingerprint density at radius 1 is 0.963 bits per heavy atom. The molecule has 1 aliphatic heterocycles. The number of imide groups is 1. The number of alkyl halides is 3. The van der Waals surface area contributed by atoms with Gasteiger partial charge in [0.25, 0.3) is 5.91 Å². The minimum atomic E-state index is -1.87. The standard InChI is InChI=1S/C18H15Cl3N4O2/c1-24-15(26)14(25(17(24)27)13-10-6-3-7-11-13)23-16(18(19,20)21)22-12-8-4-2-5-9-12/h2-11,16,22H,1H3. The minimum absolute atomic E-state index is 0.131. The van der Waals surface area contributed by atoms with Gasteiger partial charge >= 0.3 is 6.03 Å². The molecule has 1 heterocycles. The molecule has 1 unspecified atom stereocenters. The normalized spacial score (nSPS) is 17.6. The van der Waals surface area contributed by atoms with Gasteiger partial charge in [0.1, 0.15) is 0 Å². The fourth-order valence-electron chi connectivity index (χ4n) is 2.50. The summed E-state index contributed by atoms with van der Waals surface area (Å²) in [7, 11) is 1.37. The van der Waals surface area contributed by atoms with Crippen molar-refractivity contribution in [3.05, 3.63) is 60.7 Å². The first-order valence-electron chi connectivity index (χ1n) is 7.92. The van der Waals surface area contributed by atoms with E-state index in [0.29, 0.717) is 11.4 Å². The second-order valence-corrected chi connectivity index (χ2v) is 8.09. The van der Waals surface area contributed by atoms with Crippen LogP contribution in [0.4, 0.5) is 16.2 Å². The van der Waals surface area contributed by atoms with Gasteiger partial charge in [-0.05, 0) is 24.3 Å². The predicted molar refractivity (Wildman–Crippen MR) is 109 cm³/mol. The van der Waals surface area contributed by atoms with E-state index >= 15 is 0 Å². The number of benzene rings is 2. The molecule has 1 atom stereocenters. The van der Waals surface area contributed by atoms with Gasteiger partial charge in [0.15, 0.2) is 6.17 Å². The summed E-state index contributed by atoms with van der Waals surface area (Å²) in [6.45, 7) is 0. The van der Waals surface area contributed by atoms with E-state index in [-0.39, 0.29) is 5.84 Å². The zero-order chi connectivity index (χ0) is 19.6. The van der Waals surface area contributed by atoms with Crippen LogP contribution in [0.1, 0.15) is 0 Å². The molecule has 1 saturated heterocycles. The number of carbonyl (C=O) groups is 2. The average molecular weight is 426 g/mol. The van der Waals surface area contributed by atoms with Gasteiger partial charge in [0, 0.05) is 12.7 Å². The van der Waals surface area contributed by atoms with Crippen molar-refractivity contribution >= 4 is 64.0 Å². The fraction of sp³-hybridized carbons (Fsp3) is 0.167. The topological polar surface area (TPSA) is 65.0 Å². The number of hydrogen-bond donors (Lipinski definition) is 1. The van der Waals surface area contributed by atoms with Gasteiger partial charge in [-0.15, -0.1) is 0 Å². The second kappa shape index (κ2) is 7.76. The SMILES string of the molecule is CN1C(=O)C(=NC(Nc2ccccc2)C(Cl)(Cl)Cl)N(c2ccccc2)C1=O. The molecule has 140 valence electrons. The first-order valence-corrected chi connectivity index (χ1v) is 9.05.